The first-order valence-electron chi connectivity index (χ1n) is 10.7. The van der Waals surface area contributed by atoms with Gasteiger partial charge in [0, 0.05) is 21.5 Å². The fourth-order valence-electron chi connectivity index (χ4n) is 4.24. The Balaban J connectivity index is 1.91. The van der Waals surface area contributed by atoms with Gasteiger partial charge < -0.3 is 4.74 Å². The summed E-state index contributed by atoms with van der Waals surface area (Å²) >= 11 is 18.2. The number of carbonyl (C=O) groups is 1. The summed E-state index contributed by atoms with van der Waals surface area (Å²) in [5.74, 6) is -0.369. The highest BCUT2D eigenvalue weighted by Crippen LogP contribution is 2.50. The quantitative estimate of drug-likeness (QED) is 0.239. The molecular formula is C26H19Cl3F3NO2. The van der Waals surface area contributed by atoms with E-state index in [0.29, 0.717) is 21.3 Å². The molecule has 0 spiro atoms. The standard InChI is InChI=1S/C26H19Cl3F3NO2/c1-2-35-23-13-17(26(30,31)32)7-12-20(23)22-14-21(15-3-8-18(27)9-4-15)24(33(22)25(29)34)16-5-10-19(28)11-6-16/h3-14,21,24H,2H2,1H3. The molecule has 1 heterocycles. The van der Waals surface area contributed by atoms with Crippen LogP contribution in [-0.4, -0.2) is 16.9 Å². The molecule has 0 bridgehead atoms. The van der Waals surface area contributed by atoms with Crippen LogP contribution in [0, 0.1) is 0 Å². The van der Waals surface area contributed by atoms with E-state index in [1.165, 1.54) is 11.0 Å². The maximum atomic E-state index is 13.4. The van der Waals surface area contributed by atoms with Gasteiger partial charge in [-0.3, -0.25) is 9.69 Å². The summed E-state index contributed by atoms with van der Waals surface area (Å²) in [6.45, 7) is 1.81. The van der Waals surface area contributed by atoms with Crippen LogP contribution in [0.15, 0.2) is 72.8 Å². The summed E-state index contributed by atoms with van der Waals surface area (Å²) in [7, 11) is 0. The Bertz CT molecular complexity index is 1260. The van der Waals surface area contributed by atoms with Crippen molar-refractivity contribution in [3.8, 4) is 5.75 Å². The second-order valence-corrected chi connectivity index (χ2v) is 9.09. The Kier molecular flexibility index (Phi) is 7.36. The number of halogens is 6. The van der Waals surface area contributed by atoms with E-state index in [4.69, 9.17) is 39.5 Å². The summed E-state index contributed by atoms with van der Waals surface area (Å²) in [5.41, 5.74) is 1.42. The van der Waals surface area contributed by atoms with Gasteiger partial charge in [0.1, 0.15) is 5.75 Å². The number of amides is 1. The maximum Gasteiger partial charge on any atom is 0.416 e. The first kappa shape index (κ1) is 25.4. The van der Waals surface area contributed by atoms with Crippen LogP contribution in [0.2, 0.25) is 10.0 Å². The van der Waals surface area contributed by atoms with Gasteiger partial charge in [-0.2, -0.15) is 13.2 Å². The van der Waals surface area contributed by atoms with E-state index in [2.05, 4.69) is 0 Å². The van der Waals surface area contributed by atoms with E-state index in [-0.39, 0.29) is 18.3 Å². The maximum absolute atomic E-state index is 13.4. The molecule has 1 aliphatic heterocycles. The molecule has 0 radical (unpaired) electrons. The third-order valence-electron chi connectivity index (χ3n) is 5.76. The van der Waals surface area contributed by atoms with Crippen LogP contribution >= 0.6 is 34.8 Å². The van der Waals surface area contributed by atoms with Crippen molar-refractivity contribution < 1.29 is 22.7 Å². The van der Waals surface area contributed by atoms with Crippen molar-refractivity contribution >= 4 is 45.9 Å². The van der Waals surface area contributed by atoms with Crippen LogP contribution in [0.3, 0.4) is 0 Å². The van der Waals surface area contributed by atoms with Crippen molar-refractivity contribution in [1.82, 2.24) is 4.90 Å². The van der Waals surface area contributed by atoms with Gasteiger partial charge in [0.15, 0.2) is 0 Å². The molecule has 9 heteroatoms. The number of hydrogen-bond acceptors (Lipinski definition) is 2. The van der Waals surface area contributed by atoms with E-state index in [1.54, 1.807) is 43.3 Å². The average Bonchev–Trinajstić information content (AvgIpc) is 3.20. The van der Waals surface area contributed by atoms with Gasteiger partial charge in [0.05, 0.1) is 23.9 Å². The Morgan fingerprint density at radius 2 is 1.51 bits per heavy atom. The van der Waals surface area contributed by atoms with E-state index in [1.807, 2.05) is 18.2 Å². The van der Waals surface area contributed by atoms with Crippen LogP contribution in [0.5, 0.6) is 5.75 Å². The Labute approximate surface area is 215 Å². The number of benzene rings is 3. The Morgan fingerprint density at radius 1 is 0.943 bits per heavy atom. The SMILES string of the molecule is CCOc1cc(C(F)(F)F)ccc1C1=CC(c2ccc(Cl)cc2)C(c2ccc(Cl)cc2)N1C(=O)Cl. The van der Waals surface area contributed by atoms with Crippen molar-refractivity contribution in [2.24, 2.45) is 0 Å². The van der Waals surface area contributed by atoms with Crippen LogP contribution in [0.1, 0.15) is 41.1 Å². The van der Waals surface area contributed by atoms with Crippen LogP contribution < -0.4 is 4.74 Å². The fraction of sp³-hybridized carbons (Fsp3) is 0.192. The van der Waals surface area contributed by atoms with Crippen molar-refractivity contribution in [3.63, 3.8) is 0 Å². The molecule has 3 aromatic carbocycles. The number of nitrogens with zero attached hydrogens (tertiary/aromatic N) is 1. The predicted molar refractivity (Wildman–Crippen MR) is 132 cm³/mol. The van der Waals surface area contributed by atoms with Crippen molar-refractivity contribution in [2.75, 3.05) is 6.61 Å². The van der Waals surface area contributed by atoms with E-state index < -0.39 is 23.1 Å². The van der Waals surface area contributed by atoms with Gasteiger partial charge >= 0.3 is 11.5 Å². The van der Waals surface area contributed by atoms with E-state index >= 15 is 0 Å². The van der Waals surface area contributed by atoms with Gasteiger partial charge in [-0.25, -0.2) is 0 Å². The molecule has 1 aliphatic rings. The molecular weight excluding hydrogens is 522 g/mol. The average molecular weight is 541 g/mol. The predicted octanol–water partition coefficient (Wildman–Crippen LogP) is 8.95. The minimum absolute atomic E-state index is 0.00287. The Morgan fingerprint density at radius 3 is 2.03 bits per heavy atom. The smallest absolute Gasteiger partial charge is 0.416 e. The van der Waals surface area contributed by atoms with Crippen LogP contribution in [0.4, 0.5) is 18.0 Å². The first-order chi connectivity index (χ1) is 16.6. The summed E-state index contributed by atoms with van der Waals surface area (Å²) < 4.78 is 45.7. The molecule has 3 aromatic rings. The summed E-state index contributed by atoms with van der Waals surface area (Å²) in [5, 5.41) is 0.286. The zero-order valence-corrected chi connectivity index (χ0v) is 20.6. The lowest BCUT2D eigenvalue weighted by Gasteiger charge is -2.30. The first-order valence-corrected chi connectivity index (χ1v) is 11.8. The fourth-order valence-corrected chi connectivity index (χ4v) is 4.69. The third-order valence-corrected chi connectivity index (χ3v) is 6.44. The lowest BCUT2D eigenvalue weighted by molar-refractivity contribution is -0.137. The lowest BCUT2D eigenvalue weighted by atomic mass is 9.88. The largest absolute Gasteiger partial charge is 0.493 e. The van der Waals surface area contributed by atoms with Gasteiger partial charge in [0.25, 0.3) is 0 Å². The highest BCUT2D eigenvalue weighted by molar-refractivity contribution is 6.63. The number of hydrogen-bond donors (Lipinski definition) is 0. The van der Waals surface area contributed by atoms with Crippen molar-refractivity contribution in [1.29, 1.82) is 0 Å². The molecule has 35 heavy (non-hydrogen) atoms. The highest BCUT2D eigenvalue weighted by atomic mass is 35.5. The molecule has 2 atom stereocenters. The molecule has 0 fully saturated rings. The number of rotatable bonds is 5. The van der Waals surface area contributed by atoms with Gasteiger partial charge in [0.2, 0.25) is 0 Å². The van der Waals surface area contributed by atoms with Crippen molar-refractivity contribution in [2.45, 2.75) is 25.1 Å². The molecule has 4 rings (SSSR count). The second-order valence-electron chi connectivity index (χ2n) is 7.89. The van der Waals surface area contributed by atoms with Gasteiger partial charge in [-0.05, 0) is 78.2 Å². The molecule has 0 aromatic heterocycles. The highest BCUT2D eigenvalue weighted by Gasteiger charge is 2.41. The molecule has 0 aliphatic carbocycles. The molecule has 3 nitrogen and oxygen atoms in total. The monoisotopic (exact) mass is 539 g/mol. The minimum Gasteiger partial charge on any atom is -0.493 e. The molecule has 2 unspecified atom stereocenters. The second kappa shape index (κ2) is 10.1. The number of ether oxygens (including phenoxy) is 1. The summed E-state index contributed by atoms with van der Waals surface area (Å²) in [6, 6.07) is 16.7. The topological polar surface area (TPSA) is 29.5 Å². The summed E-state index contributed by atoms with van der Waals surface area (Å²) in [4.78, 5) is 14.2. The number of carbonyl (C=O) groups excluding carboxylic acids is 1. The van der Waals surface area contributed by atoms with Gasteiger partial charge in [-0.15, -0.1) is 0 Å². The van der Waals surface area contributed by atoms with Crippen molar-refractivity contribution in [3.05, 3.63) is 105 Å². The molecule has 1 amide bonds. The lowest BCUT2D eigenvalue weighted by Crippen LogP contribution is -2.28. The van der Waals surface area contributed by atoms with Crippen LogP contribution in [0.25, 0.3) is 5.70 Å². The molecule has 182 valence electrons. The van der Waals surface area contributed by atoms with E-state index in [0.717, 1.165) is 23.3 Å². The summed E-state index contributed by atoms with van der Waals surface area (Å²) in [6.07, 6.45) is -2.73. The molecule has 0 saturated carbocycles. The van der Waals surface area contributed by atoms with Crippen LogP contribution in [-0.2, 0) is 6.18 Å². The minimum atomic E-state index is -4.55. The molecule has 0 N–H and O–H groups in total. The Hall–Kier alpha value is -2.67. The normalized spacial score (nSPS) is 17.9. The molecule has 0 saturated heterocycles. The third kappa shape index (κ3) is 5.30. The zero-order chi connectivity index (χ0) is 25.3. The zero-order valence-electron chi connectivity index (χ0n) is 18.3. The number of alkyl halides is 3. The van der Waals surface area contributed by atoms with E-state index in [9.17, 15) is 18.0 Å². The van der Waals surface area contributed by atoms with Gasteiger partial charge in [-0.1, -0.05) is 47.5 Å².